The van der Waals surface area contributed by atoms with Crippen LogP contribution >= 0.6 is 11.8 Å². The first kappa shape index (κ1) is 20.1. The lowest BCUT2D eigenvalue weighted by molar-refractivity contribution is -0.385. The number of carbonyl (C=O) groups excluding carboxylic acids is 1. The summed E-state index contributed by atoms with van der Waals surface area (Å²) in [5.74, 6) is 0.639. The third-order valence-corrected chi connectivity index (χ3v) is 4.42. The number of esters is 1. The lowest BCUT2D eigenvalue weighted by Gasteiger charge is -2.09. The maximum Gasteiger partial charge on any atom is 0.321 e. The van der Waals surface area contributed by atoms with Crippen molar-refractivity contribution in [3.8, 4) is 23.3 Å². The van der Waals surface area contributed by atoms with Crippen molar-refractivity contribution in [2.75, 3.05) is 20.0 Å². The van der Waals surface area contributed by atoms with Crippen LogP contribution in [-0.4, -0.2) is 30.9 Å². The Bertz CT molecular complexity index is 894. The van der Waals surface area contributed by atoms with Crippen molar-refractivity contribution >= 4 is 23.4 Å². The van der Waals surface area contributed by atoms with Crippen molar-refractivity contribution in [1.29, 1.82) is 5.26 Å². The van der Waals surface area contributed by atoms with E-state index in [2.05, 4.69) is 0 Å². The number of nitrogens with zero attached hydrogens (tertiary/aromatic N) is 2. The number of benzene rings is 2. The molecule has 0 aromatic heterocycles. The number of thioether (sulfide) groups is 1. The summed E-state index contributed by atoms with van der Waals surface area (Å²) in [6.45, 7) is 0. The summed E-state index contributed by atoms with van der Waals surface area (Å²) < 4.78 is 15.3. The minimum Gasteiger partial charge on any atom is -0.493 e. The zero-order valence-electron chi connectivity index (χ0n) is 14.6. The first-order valence-electron chi connectivity index (χ1n) is 7.66. The topological polar surface area (TPSA) is 112 Å². The number of nitriles is 1. The van der Waals surface area contributed by atoms with Gasteiger partial charge >= 0.3 is 11.7 Å². The van der Waals surface area contributed by atoms with Gasteiger partial charge in [-0.05, 0) is 23.8 Å². The largest absolute Gasteiger partial charge is 0.493 e. The number of hydrogen-bond acceptors (Lipinski definition) is 8. The SMILES string of the molecule is COc1cc(C#N)ccc1OC(=O)CSCc1ccc(OC)c([N+](=O)[O-])c1. The summed E-state index contributed by atoms with van der Waals surface area (Å²) in [4.78, 5) is 22.5. The number of hydrogen-bond donors (Lipinski definition) is 0. The number of nitro groups is 1. The summed E-state index contributed by atoms with van der Waals surface area (Å²) in [5, 5.41) is 19.9. The predicted octanol–water partition coefficient (Wildman–Crippen LogP) is 3.32. The van der Waals surface area contributed by atoms with Crippen LogP contribution in [0.4, 0.5) is 5.69 Å². The highest BCUT2D eigenvalue weighted by Crippen LogP contribution is 2.30. The van der Waals surface area contributed by atoms with E-state index in [1.165, 1.54) is 56.3 Å². The highest BCUT2D eigenvalue weighted by molar-refractivity contribution is 7.99. The average molecular weight is 388 g/mol. The van der Waals surface area contributed by atoms with Gasteiger partial charge in [-0.15, -0.1) is 11.8 Å². The standard InChI is InChI=1S/C18H16N2O6S/c1-24-15-5-4-13(7-14(15)20(22)23)10-27-11-18(21)26-16-6-3-12(9-19)8-17(16)25-2/h3-8H,10-11H2,1-2H3. The number of rotatable bonds is 8. The Morgan fingerprint density at radius 2 is 1.85 bits per heavy atom. The second-order valence-electron chi connectivity index (χ2n) is 5.21. The van der Waals surface area contributed by atoms with Gasteiger partial charge in [-0.1, -0.05) is 6.07 Å². The molecule has 0 aliphatic rings. The highest BCUT2D eigenvalue weighted by atomic mass is 32.2. The monoisotopic (exact) mass is 388 g/mol. The fraction of sp³-hybridized carbons (Fsp3) is 0.222. The zero-order chi connectivity index (χ0) is 19.8. The Kier molecular flexibility index (Phi) is 7.02. The molecule has 0 atom stereocenters. The molecule has 2 aromatic rings. The molecule has 9 heteroatoms. The van der Waals surface area contributed by atoms with Crippen LogP contribution < -0.4 is 14.2 Å². The summed E-state index contributed by atoms with van der Waals surface area (Å²) in [6, 6.07) is 11.1. The predicted molar refractivity (Wildman–Crippen MR) is 99.2 cm³/mol. The van der Waals surface area contributed by atoms with Gasteiger partial charge in [0.15, 0.2) is 17.2 Å². The van der Waals surface area contributed by atoms with Crippen LogP contribution in [0.1, 0.15) is 11.1 Å². The zero-order valence-corrected chi connectivity index (χ0v) is 15.4. The van der Waals surface area contributed by atoms with E-state index in [1.54, 1.807) is 6.07 Å². The Morgan fingerprint density at radius 3 is 2.48 bits per heavy atom. The van der Waals surface area contributed by atoms with Crippen LogP contribution in [0.2, 0.25) is 0 Å². The molecular weight excluding hydrogens is 372 g/mol. The maximum atomic E-state index is 12.0. The quantitative estimate of drug-likeness (QED) is 0.293. The minimum absolute atomic E-state index is 0.0446. The first-order chi connectivity index (χ1) is 13.0. The van der Waals surface area contributed by atoms with Crippen LogP contribution in [-0.2, 0) is 10.5 Å². The van der Waals surface area contributed by atoms with Crippen molar-refractivity contribution in [2.24, 2.45) is 0 Å². The molecule has 2 aromatic carbocycles. The number of carbonyl (C=O) groups is 1. The lowest BCUT2D eigenvalue weighted by atomic mass is 10.2. The fourth-order valence-electron chi connectivity index (χ4n) is 2.19. The Morgan fingerprint density at radius 1 is 1.15 bits per heavy atom. The van der Waals surface area contributed by atoms with Gasteiger partial charge in [0, 0.05) is 17.9 Å². The van der Waals surface area contributed by atoms with Crippen LogP contribution in [0.5, 0.6) is 17.2 Å². The molecule has 0 N–H and O–H groups in total. The molecule has 0 saturated heterocycles. The first-order valence-corrected chi connectivity index (χ1v) is 8.81. The molecule has 0 aliphatic heterocycles. The summed E-state index contributed by atoms with van der Waals surface area (Å²) in [5.41, 5.74) is 0.957. The molecule has 0 saturated carbocycles. The van der Waals surface area contributed by atoms with Crippen molar-refractivity contribution in [3.63, 3.8) is 0 Å². The second-order valence-corrected chi connectivity index (χ2v) is 6.19. The molecule has 0 radical (unpaired) electrons. The molecular formula is C18H16N2O6S. The van der Waals surface area contributed by atoms with Gasteiger partial charge in [0.1, 0.15) is 0 Å². The van der Waals surface area contributed by atoms with Crippen molar-refractivity contribution < 1.29 is 23.9 Å². The Labute approximate surface area is 159 Å². The number of nitro benzene ring substituents is 1. The van der Waals surface area contributed by atoms with E-state index in [1.807, 2.05) is 6.07 Å². The van der Waals surface area contributed by atoms with E-state index in [4.69, 9.17) is 19.5 Å². The molecule has 0 aliphatic carbocycles. The molecule has 140 valence electrons. The summed E-state index contributed by atoms with van der Waals surface area (Å²) >= 11 is 1.26. The van der Waals surface area contributed by atoms with Gasteiger partial charge in [0.2, 0.25) is 0 Å². The number of methoxy groups -OCH3 is 2. The van der Waals surface area contributed by atoms with Crippen molar-refractivity contribution in [2.45, 2.75) is 5.75 Å². The van der Waals surface area contributed by atoms with Gasteiger partial charge in [-0.2, -0.15) is 5.26 Å². The van der Waals surface area contributed by atoms with Gasteiger partial charge < -0.3 is 14.2 Å². The third-order valence-electron chi connectivity index (χ3n) is 3.45. The smallest absolute Gasteiger partial charge is 0.321 e. The molecule has 0 unspecified atom stereocenters. The van der Waals surface area contributed by atoms with Gasteiger partial charge in [0.25, 0.3) is 0 Å². The highest BCUT2D eigenvalue weighted by Gasteiger charge is 2.16. The summed E-state index contributed by atoms with van der Waals surface area (Å²) in [7, 11) is 2.78. The molecule has 27 heavy (non-hydrogen) atoms. The van der Waals surface area contributed by atoms with E-state index in [0.717, 1.165) is 0 Å². The van der Waals surface area contributed by atoms with E-state index in [-0.39, 0.29) is 28.7 Å². The van der Waals surface area contributed by atoms with Crippen molar-refractivity contribution in [3.05, 3.63) is 57.6 Å². The normalized spacial score (nSPS) is 9.96. The molecule has 0 bridgehead atoms. The van der Waals surface area contributed by atoms with Crippen LogP contribution in [0.25, 0.3) is 0 Å². The van der Waals surface area contributed by atoms with E-state index < -0.39 is 10.9 Å². The van der Waals surface area contributed by atoms with E-state index in [9.17, 15) is 14.9 Å². The molecule has 0 amide bonds. The molecule has 0 spiro atoms. The van der Waals surface area contributed by atoms with Crippen LogP contribution in [0, 0.1) is 21.4 Å². The number of ether oxygens (including phenoxy) is 3. The van der Waals surface area contributed by atoms with Crippen LogP contribution in [0.15, 0.2) is 36.4 Å². The van der Waals surface area contributed by atoms with Gasteiger partial charge in [-0.3, -0.25) is 14.9 Å². The Balaban J connectivity index is 1.94. The van der Waals surface area contributed by atoms with Gasteiger partial charge in [0.05, 0.1) is 36.5 Å². The molecule has 8 nitrogen and oxygen atoms in total. The van der Waals surface area contributed by atoms with E-state index >= 15 is 0 Å². The average Bonchev–Trinajstić information content (AvgIpc) is 2.68. The summed E-state index contributed by atoms with van der Waals surface area (Å²) in [6.07, 6.45) is 0. The molecule has 0 fully saturated rings. The van der Waals surface area contributed by atoms with Gasteiger partial charge in [-0.25, -0.2) is 0 Å². The third kappa shape index (κ3) is 5.36. The Hall–Kier alpha value is -3.25. The van der Waals surface area contributed by atoms with Crippen molar-refractivity contribution in [1.82, 2.24) is 0 Å². The van der Waals surface area contributed by atoms with E-state index in [0.29, 0.717) is 16.9 Å². The molecule has 2 rings (SSSR count). The minimum atomic E-state index is -0.515. The van der Waals surface area contributed by atoms with Crippen LogP contribution in [0.3, 0.4) is 0 Å². The lowest BCUT2D eigenvalue weighted by Crippen LogP contribution is -2.11. The molecule has 0 heterocycles. The fourth-order valence-corrected chi connectivity index (χ4v) is 2.94. The second kappa shape index (κ2) is 9.45. The maximum absolute atomic E-state index is 12.0.